The van der Waals surface area contributed by atoms with E-state index in [4.69, 9.17) is 14.5 Å². The van der Waals surface area contributed by atoms with Crippen molar-refractivity contribution in [2.45, 2.75) is 18.2 Å². The number of methoxy groups -OCH3 is 2. The zero-order valence-corrected chi connectivity index (χ0v) is 23.2. The van der Waals surface area contributed by atoms with Gasteiger partial charge in [-0.3, -0.25) is 4.79 Å². The summed E-state index contributed by atoms with van der Waals surface area (Å²) in [5.74, 6) is -0.100. The molecule has 0 atom stereocenters. The van der Waals surface area contributed by atoms with Crippen molar-refractivity contribution in [1.82, 2.24) is 14.2 Å². The van der Waals surface area contributed by atoms with Crippen LogP contribution in [0.3, 0.4) is 0 Å². The topological polar surface area (TPSA) is 92.3 Å². The molecule has 0 aliphatic carbocycles. The fourth-order valence-corrected chi connectivity index (χ4v) is 6.83. The Morgan fingerprint density at radius 3 is 2.24 bits per heavy atom. The molecule has 4 rings (SSSR count). The van der Waals surface area contributed by atoms with Crippen LogP contribution in [0.15, 0.2) is 47.4 Å². The SMILES string of the molecule is CCc1cccc2sc(N3CCN(C(=O)c4ccc(S(=O)(=O)N(CCOC)CCOC)cc4)CC3)nc12. The number of carbonyl (C=O) groups is 1. The van der Waals surface area contributed by atoms with Gasteiger partial charge in [-0.05, 0) is 42.3 Å². The van der Waals surface area contributed by atoms with Crippen molar-refractivity contribution < 1.29 is 22.7 Å². The molecule has 1 aromatic heterocycles. The maximum absolute atomic E-state index is 13.1. The highest BCUT2D eigenvalue weighted by molar-refractivity contribution is 7.89. The predicted octanol–water partition coefficient (Wildman–Crippen LogP) is 3.10. The van der Waals surface area contributed by atoms with E-state index in [9.17, 15) is 13.2 Å². The van der Waals surface area contributed by atoms with Gasteiger partial charge in [0.05, 0.1) is 28.3 Å². The molecule has 0 bridgehead atoms. The molecular formula is C26H34N4O5S2. The molecule has 1 fully saturated rings. The van der Waals surface area contributed by atoms with E-state index in [1.54, 1.807) is 23.5 Å². The average Bonchev–Trinajstić information content (AvgIpc) is 3.37. The number of benzene rings is 2. The quantitative estimate of drug-likeness (QED) is 0.365. The lowest BCUT2D eigenvalue weighted by molar-refractivity contribution is 0.0746. The van der Waals surface area contributed by atoms with E-state index in [0.717, 1.165) is 17.1 Å². The summed E-state index contributed by atoms with van der Waals surface area (Å²) in [6.45, 7) is 5.71. The van der Waals surface area contributed by atoms with Gasteiger partial charge in [-0.25, -0.2) is 13.4 Å². The Kier molecular flexibility index (Phi) is 9.14. The number of amides is 1. The molecule has 2 heterocycles. The highest BCUT2D eigenvalue weighted by Gasteiger charge is 2.27. The molecule has 11 heteroatoms. The van der Waals surface area contributed by atoms with Crippen LogP contribution in [0.1, 0.15) is 22.8 Å². The standard InChI is InChI=1S/C26H34N4O5S2/c1-4-20-6-5-7-23-24(20)27-26(36-23)29-14-12-28(13-15-29)25(31)21-8-10-22(11-9-21)37(32,33)30(16-18-34-2)17-19-35-3/h5-11H,4,12-19H2,1-3H3. The van der Waals surface area contributed by atoms with E-state index >= 15 is 0 Å². The number of rotatable bonds is 11. The van der Waals surface area contributed by atoms with Crippen LogP contribution in [0, 0.1) is 0 Å². The monoisotopic (exact) mass is 546 g/mol. The number of piperazine rings is 1. The minimum atomic E-state index is -3.73. The number of hydrogen-bond donors (Lipinski definition) is 0. The molecule has 0 spiro atoms. The van der Waals surface area contributed by atoms with E-state index in [-0.39, 0.29) is 37.1 Å². The molecule has 0 radical (unpaired) electrons. The summed E-state index contributed by atoms with van der Waals surface area (Å²) in [7, 11) is -0.671. The van der Waals surface area contributed by atoms with E-state index in [2.05, 4.69) is 30.0 Å². The summed E-state index contributed by atoms with van der Waals surface area (Å²) >= 11 is 1.69. The lowest BCUT2D eigenvalue weighted by atomic mass is 10.1. The number of thiazole rings is 1. The number of aromatic nitrogens is 1. The summed E-state index contributed by atoms with van der Waals surface area (Å²) in [5.41, 5.74) is 2.79. The second kappa shape index (κ2) is 12.3. The van der Waals surface area contributed by atoms with Crippen molar-refractivity contribution >= 4 is 42.6 Å². The summed E-state index contributed by atoms with van der Waals surface area (Å²) < 4.78 is 38.9. The number of hydrogen-bond acceptors (Lipinski definition) is 8. The molecular weight excluding hydrogens is 512 g/mol. The second-order valence-electron chi connectivity index (χ2n) is 8.81. The second-order valence-corrected chi connectivity index (χ2v) is 11.8. The Hall–Kier alpha value is -2.57. The zero-order valence-electron chi connectivity index (χ0n) is 21.6. The Bertz CT molecular complexity index is 1290. The fourth-order valence-electron chi connectivity index (χ4n) is 4.35. The highest BCUT2D eigenvalue weighted by Crippen LogP contribution is 2.31. The number of aryl methyl sites for hydroxylation is 1. The number of carbonyl (C=O) groups excluding carboxylic acids is 1. The third-order valence-electron chi connectivity index (χ3n) is 6.54. The lowest BCUT2D eigenvalue weighted by Crippen LogP contribution is -2.48. The smallest absolute Gasteiger partial charge is 0.253 e. The van der Waals surface area contributed by atoms with Crippen molar-refractivity contribution in [1.29, 1.82) is 0 Å². The van der Waals surface area contributed by atoms with Gasteiger partial charge in [0.1, 0.15) is 0 Å². The number of fused-ring (bicyclic) bond motifs is 1. The largest absolute Gasteiger partial charge is 0.383 e. The fraction of sp³-hybridized carbons (Fsp3) is 0.462. The van der Waals surface area contributed by atoms with Crippen LogP contribution in [-0.4, -0.2) is 95.2 Å². The van der Waals surface area contributed by atoms with Gasteiger partial charge in [-0.2, -0.15) is 4.31 Å². The van der Waals surface area contributed by atoms with Gasteiger partial charge in [0.2, 0.25) is 10.0 Å². The maximum atomic E-state index is 13.1. The van der Waals surface area contributed by atoms with Gasteiger partial charge in [0, 0.05) is 59.1 Å². The number of nitrogens with zero attached hydrogens (tertiary/aromatic N) is 4. The number of anilines is 1. The van der Waals surface area contributed by atoms with Crippen LogP contribution in [-0.2, 0) is 25.9 Å². The zero-order chi connectivity index (χ0) is 26.4. The molecule has 1 aliphatic heterocycles. The van der Waals surface area contributed by atoms with E-state index in [1.807, 2.05) is 4.90 Å². The first-order valence-corrected chi connectivity index (χ1v) is 14.7. The molecule has 200 valence electrons. The predicted molar refractivity (Wildman–Crippen MR) is 146 cm³/mol. The molecule has 0 saturated carbocycles. The number of ether oxygens (including phenoxy) is 2. The summed E-state index contributed by atoms with van der Waals surface area (Å²) in [6.07, 6.45) is 0.946. The van der Waals surface area contributed by atoms with Gasteiger partial charge in [0.15, 0.2) is 5.13 Å². The Morgan fingerprint density at radius 2 is 1.65 bits per heavy atom. The van der Waals surface area contributed by atoms with E-state index in [1.165, 1.54) is 40.9 Å². The van der Waals surface area contributed by atoms with Crippen molar-refractivity contribution in [2.75, 3.05) is 71.6 Å². The van der Waals surface area contributed by atoms with Crippen LogP contribution in [0.4, 0.5) is 5.13 Å². The van der Waals surface area contributed by atoms with Gasteiger partial charge >= 0.3 is 0 Å². The van der Waals surface area contributed by atoms with Crippen molar-refractivity contribution in [3.05, 3.63) is 53.6 Å². The molecule has 3 aromatic rings. The Balaban J connectivity index is 1.40. The Morgan fingerprint density at radius 1 is 1.00 bits per heavy atom. The maximum Gasteiger partial charge on any atom is 0.253 e. The van der Waals surface area contributed by atoms with Crippen molar-refractivity contribution in [3.8, 4) is 0 Å². The summed E-state index contributed by atoms with van der Waals surface area (Å²) in [6, 6.07) is 12.5. The van der Waals surface area contributed by atoms with Crippen LogP contribution in [0.2, 0.25) is 0 Å². The molecule has 0 N–H and O–H groups in total. The van der Waals surface area contributed by atoms with Gasteiger partial charge in [-0.1, -0.05) is 30.4 Å². The normalized spacial score (nSPS) is 14.6. The van der Waals surface area contributed by atoms with Crippen LogP contribution in [0.25, 0.3) is 10.2 Å². The first-order chi connectivity index (χ1) is 17.9. The van der Waals surface area contributed by atoms with Crippen LogP contribution >= 0.6 is 11.3 Å². The summed E-state index contributed by atoms with van der Waals surface area (Å²) in [4.78, 5) is 22.2. The molecule has 1 saturated heterocycles. The van der Waals surface area contributed by atoms with Crippen molar-refractivity contribution in [3.63, 3.8) is 0 Å². The third kappa shape index (κ3) is 6.12. The molecule has 9 nitrogen and oxygen atoms in total. The molecule has 1 amide bonds. The first-order valence-electron chi connectivity index (χ1n) is 12.4. The minimum Gasteiger partial charge on any atom is -0.383 e. The van der Waals surface area contributed by atoms with Gasteiger partial charge in [0.25, 0.3) is 5.91 Å². The van der Waals surface area contributed by atoms with Gasteiger partial charge in [-0.15, -0.1) is 0 Å². The van der Waals surface area contributed by atoms with E-state index in [0.29, 0.717) is 31.7 Å². The Labute approximate surface area is 222 Å². The molecule has 2 aromatic carbocycles. The minimum absolute atomic E-state index is 0.100. The van der Waals surface area contributed by atoms with Crippen LogP contribution in [0.5, 0.6) is 0 Å². The van der Waals surface area contributed by atoms with Crippen molar-refractivity contribution in [2.24, 2.45) is 0 Å². The van der Waals surface area contributed by atoms with Crippen LogP contribution < -0.4 is 4.90 Å². The van der Waals surface area contributed by atoms with Gasteiger partial charge < -0.3 is 19.3 Å². The third-order valence-corrected chi connectivity index (χ3v) is 9.53. The average molecular weight is 547 g/mol. The highest BCUT2D eigenvalue weighted by atomic mass is 32.2. The number of para-hydroxylation sites is 1. The summed E-state index contributed by atoms with van der Waals surface area (Å²) in [5, 5.41) is 0.990. The lowest BCUT2D eigenvalue weighted by Gasteiger charge is -2.34. The van der Waals surface area contributed by atoms with E-state index < -0.39 is 10.0 Å². The molecule has 37 heavy (non-hydrogen) atoms. The first kappa shape index (κ1) is 27.5. The molecule has 1 aliphatic rings. The molecule has 0 unspecified atom stereocenters. The number of sulfonamides is 1.